The highest BCUT2D eigenvalue weighted by molar-refractivity contribution is 6.04. The molecule has 0 spiro atoms. The van der Waals surface area contributed by atoms with Crippen molar-refractivity contribution in [2.75, 3.05) is 6.61 Å². The first-order chi connectivity index (χ1) is 15.4. The van der Waals surface area contributed by atoms with Gasteiger partial charge in [0.25, 0.3) is 5.91 Å². The van der Waals surface area contributed by atoms with Gasteiger partial charge in [0, 0.05) is 35.0 Å². The molecule has 2 aromatic carbocycles. The van der Waals surface area contributed by atoms with Crippen LogP contribution in [0.5, 0.6) is 5.75 Å². The zero-order chi connectivity index (χ0) is 22.7. The van der Waals surface area contributed by atoms with E-state index in [0.29, 0.717) is 35.4 Å². The number of benzene rings is 2. The Bertz CT molecular complexity index is 1290. The summed E-state index contributed by atoms with van der Waals surface area (Å²) in [6.45, 7) is 4.38. The molecule has 1 N–H and O–H groups in total. The van der Waals surface area contributed by atoms with E-state index in [1.54, 1.807) is 47.2 Å². The Morgan fingerprint density at radius 1 is 1.03 bits per heavy atom. The predicted octanol–water partition coefficient (Wildman–Crippen LogP) is 4.59. The number of aryl methyl sites for hydroxylation is 2. The number of fused-ring (bicyclic) bond motifs is 1. The summed E-state index contributed by atoms with van der Waals surface area (Å²) < 4.78 is 7.43. The summed E-state index contributed by atoms with van der Waals surface area (Å²) in [7, 11) is 0. The molecule has 0 aliphatic heterocycles. The molecule has 6 heteroatoms. The zero-order valence-electron chi connectivity index (χ0n) is 18.0. The maximum Gasteiger partial charge on any atom is 0.307 e. The van der Waals surface area contributed by atoms with Gasteiger partial charge in [-0.25, -0.2) is 0 Å². The topological polar surface area (TPSA) is 81.4 Å². The first-order valence-corrected chi connectivity index (χ1v) is 10.4. The minimum absolute atomic E-state index is 0.0842. The van der Waals surface area contributed by atoms with Crippen molar-refractivity contribution in [3.63, 3.8) is 0 Å². The number of ether oxygens (including phenoxy) is 1. The maximum absolute atomic E-state index is 13.2. The van der Waals surface area contributed by atoms with Crippen LogP contribution in [0.4, 0.5) is 0 Å². The average molecular weight is 428 g/mol. The van der Waals surface area contributed by atoms with Crippen molar-refractivity contribution in [2.45, 2.75) is 26.7 Å². The number of carboxylic acids is 1. The van der Waals surface area contributed by atoms with Gasteiger partial charge in [-0.1, -0.05) is 12.1 Å². The van der Waals surface area contributed by atoms with Crippen LogP contribution in [0.1, 0.15) is 32.9 Å². The number of nitrogens with zero attached hydrogens (tertiary/aromatic N) is 2. The van der Waals surface area contributed by atoms with E-state index in [1.165, 1.54) is 5.56 Å². The van der Waals surface area contributed by atoms with Crippen molar-refractivity contribution in [3.8, 4) is 5.75 Å². The third-order valence-corrected chi connectivity index (χ3v) is 5.37. The van der Waals surface area contributed by atoms with Crippen molar-refractivity contribution in [3.05, 3.63) is 94.9 Å². The van der Waals surface area contributed by atoms with Crippen LogP contribution < -0.4 is 4.74 Å². The summed E-state index contributed by atoms with van der Waals surface area (Å²) in [5.74, 6) is -0.379. The number of rotatable bonds is 7. The lowest BCUT2D eigenvalue weighted by Gasteiger charge is -2.10. The van der Waals surface area contributed by atoms with Gasteiger partial charge in [-0.05, 0) is 73.5 Å². The van der Waals surface area contributed by atoms with Gasteiger partial charge >= 0.3 is 5.97 Å². The molecule has 0 saturated carbocycles. The Morgan fingerprint density at radius 3 is 2.53 bits per heavy atom. The first kappa shape index (κ1) is 21.3. The van der Waals surface area contributed by atoms with Crippen molar-refractivity contribution >= 4 is 22.8 Å². The van der Waals surface area contributed by atoms with Gasteiger partial charge in [-0.3, -0.25) is 19.1 Å². The van der Waals surface area contributed by atoms with Gasteiger partial charge < -0.3 is 9.84 Å². The molecule has 162 valence electrons. The molecular formula is C26H24N2O4. The smallest absolute Gasteiger partial charge is 0.307 e. The Morgan fingerprint density at radius 2 is 1.81 bits per heavy atom. The monoisotopic (exact) mass is 428 g/mol. The summed E-state index contributed by atoms with van der Waals surface area (Å²) in [6.07, 6.45) is 2.41. The molecular weight excluding hydrogens is 404 g/mol. The van der Waals surface area contributed by atoms with Gasteiger partial charge in [-0.15, -0.1) is 0 Å². The first-order valence-electron chi connectivity index (χ1n) is 10.4. The molecule has 0 aliphatic rings. The molecule has 0 bridgehead atoms. The van der Waals surface area contributed by atoms with Crippen molar-refractivity contribution in [2.24, 2.45) is 0 Å². The zero-order valence-corrected chi connectivity index (χ0v) is 18.0. The molecule has 0 unspecified atom stereocenters. The number of pyridine rings is 1. The molecule has 32 heavy (non-hydrogen) atoms. The lowest BCUT2D eigenvalue weighted by atomic mass is 10.1. The van der Waals surface area contributed by atoms with Gasteiger partial charge in [0.05, 0.1) is 18.5 Å². The SMILES string of the molecule is Cc1ccnc(CCOc2ccc(C(=O)n3c(C)cc4c(CC(=O)O)cccc43)cc2)c1. The van der Waals surface area contributed by atoms with E-state index in [1.807, 2.05) is 38.1 Å². The van der Waals surface area contributed by atoms with Crippen LogP contribution in [0.2, 0.25) is 0 Å². The van der Waals surface area contributed by atoms with Gasteiger partial charge in [0.1, 0.15) is 5.75 Å². The normalized spacial score (nSPS) is 10.9. The van der Waals surface area contributed by atoms with E-state index < -0.39 is 5.97 Å². The molecule has 6 nitrogen and oxygen atoms in total. The van der Waals surface area contributed by atoms with Gasteiger partial charge in [0.15, 0.2) is 0 Å². The third kappa shape index (κ3) is 4.54. The lowest BCUT2D eigenvalue weighted by Crippen LogP contribution is -2.13. The average Bonchev–Trinajstić information content (AvgIpc) is 3.10. The van der Waals surface area contributed by atoms with Crippen molar-refractivity contribution in [1.29, 1.82) is 0 Å². The van der Waals surface area contributed by atoms with Crippen LogP contribution in [0.15, 0.2) is 66.9 Å². The number of hydrogen-bond donors (Lipinski definition) is 1. The molecule has 2 aromatic heterocycles. The van der Waals surface area contributed by atoms with Crippen LogP contribution in [0.3, 0.4) is 0 Å². The Labute approximate surface area is 186 Å². The molecule has 0 atom stereocenters. The van der Waals surface area contributed by atoms with Gasteiger partial charge in [0.2, 0.25) is 0 Å². The van der Waals surface area contributed by atoms with E-state index in [4.69, 9.17) is 9.84 Å². The second-order valence-electron chi connectivity index (χ2n) is 7.79. The fourth-order valence-corrected chi connectivity index (χ4v) is 3.84. The molecule has 0 radical (unpaired) electrons. The highest BCUT2D eigenvalue weighted by Gasteiger charge is 2.17. The van der Waals surface area contributed by atoms with E-state index in [9.17, 15) is 9.59 Å². The summed E-state index contributed by atoms with van der Waals surface area (Å²) in [6, 6.07) is 18.3. The van der Waals surface area contributed by atoms with E-state index in [0.717, 1.165) is 16.8 Å². The van der Waals surface area contributed by atoms with Gasteiger partial charge in [-0.2, -0.15) is 0 Å². The highest BCUT2D eigenvalue weighted by Crippen LogP contribution is 2.25. The third-order valence-electron chi connectivity index (χ3n) is 5.37. The number of carbonyl (C=O) groups excluding carboxylic acids is 1. The lowest BCUT2D eigenvalue weighted by molar-refractivity contribution is -0.136. The molecule has 4 aromatic rings. The quantitative estimate of drug-likeness (QED) is 0.466. The Balaban J connectivity index is 1.49. The van der Waals surface area contributed by atoms with Crippen LogP contribution >= 0.6 is 0 Å². The number of aromatic nitrogens is 2. The Kier molecular flexibility index (Phi) is 6.03. The highest BCUT2D eigenvalue weighted by atomic mass is 16.5. The molecule has 0 amide bonds. The van der Waals surface area contributed by atoms with E-state index >= 15 is 0 Å². The predicted molar refractivity (Wildman–Crippen MR) is 122 cm³/mol. The molecule has 0 saturated heterocycles. The minimum atomic E-state index is -0.900. The number of aliphatic carboxylic acids is 1. The number of hydrogen-bond acceptors (Lipinski definition) is 4. The number of carboxylic acid groups (broad SMARTS) is 1. The summed E-state index contributed by atoms with van der Waals surface area (Å²) >= 11 is 0. The second-order valence-corrected chi connectivity index (χ2v) is 7.79. The fourth-order valence-electron chi connectivity index (χ4n) is 3.84. The minimum Gasteiger partial charge on any atom is -0.493 e. The van der Waals surface area contributed by atoms with Crippen molar-refractivity contribution in [1.82, 2.24) is 9.55 Å². The molecule has 2 heterocycles. The molecule has 4 rings (SSSR count). The van der Waals surface area contributed by atoms with Crippen molar-refractivity contribution < 1.29 is 19.4 Å². The second kappa shape index (κ2) is 9.06. The number of carbonyl (C=O) groups is 2. The summed E-state index contributed by atoms with van der Waals surface area (Å²) in [5, 5.41) is 9.95. The van der Waals surface area contributed by atoms with Crippen LogP contribution in [0.25, 0.3) is 10.9 Å². The van der Waals surface area contributed by atoms with E-state index in [2.05, 4.69) is 4.98 Å². The largest absolute Gasteiger partial charge is 0.493 e. The Hall–Kier alpha value is -3.93. The van der Waals surface area contributed by atoms with E-state index in [-0.39, 0.29) is 12.3 Å². The standard InChI is InChI=1S/C26H24N2O4/c1-17-10-12-27-21(14-17)11-13-32-22-8-6-19(7-9-22)26(31)28-18(2)15-23-20(16-25(29)30)4-3-5-24(23)28/h3-10,12,14-15H,11,13,16H2,1-2H3,(H,29,30). The van der Waals surface area contributed by atoms with Crippen LogP contribution in [0, 0.1) is 13.8 Å². The summed E-state index contributed by atoms with van der Waals surface area (Å²) in [4.78, 5) is 28.7. The van der Waals surface area contributed by atoms with Crippen LogP contribution in [-0.2, 0) is 17.6 Å². The molecule has 0 aliphatic carbocycles. The fraction of sp³-hybridized carbons (Fsp3) is 0.192. The summed E-state index contributed by atoms with van der Waals surface area (Å²) in [5.41, 5.74) is 4.83. The van der Waals surface area contributed by atoms with Crippen LogP contribution in [-0.4, -0.2) is 33.1 Å². The maximum atomic E-state index is 13.2. The molecule has 0 fully saturated rings.